The summed E-state index contributed by atoms with van der Waals surface area (Å²) in [5.41, 5.74) is 1.22. The van der Waals surface area contributed by atoms with Crippen molar-refractivity contribution in [3.05, 3.63) is 23.7 Å². The molecule has 3 nitrogen and oxygen atoms in total. The Labute approximate surface area is 130 Å². The molecule has 0 fully saturated rings. The van der Waals surface area contributed by atoms with Crippen molar-refractivity contribution in [1.82, 2.24) is 5.32 Å². The van der Waals surface area contributed by atoms with E-state index in [-0.39, 0.29) is 0 Å². The molecule has 21 heavy (non-hydrogen) atoms. The highest BCUT2D eigenvalue weighted by atomic mass is 16.5. The van der Waals surface area contributed by atoms with Gasteiger partial charge in [0.1, 0.15) is 12.4 Å². The van der Waals surface area contributed by atoms with Crippen molar-refractivity contribution in [2.75, 3.05) is 6.54 Å². The molecule has 0 saturated heterocycles. The van der Waals surface area contributed by atoms with Gasteiger partial charge in [0, 0.05) is 12.1 Å². The average molecular weight is 295 g/mol. The maximum absolute atomic E-state index is 5.91. The second kappa shape index (κ2) is 10.9. The van der Waals surface area contributed by atoms with Crippen LogP contribution in [-0.2, 0) is 17.9 Å². The van der Waals surface area contributed by atoms with E-state index in [2.05, 4.69) is 33.0 Å². The topological polar surface area (TPSA) is 34.4 Å². The zero-order valence-corrected chi connectivity index (χ0v) is 14.3. The smallest absolute Gasteiger partial charge is 0.133 e. The predicted molar refractivity (Wildman–Crippen MR) is 88.3 cm³/mol. The number of furan rings is 1. The number of hydrogen-bond donors (Lipinski definition) is 1. The molecular formula is C18H33NO2. The Kier molecular flexibility index (Phi) is 9.44. The van der Waals surface area contributed by atoms with Crippen LogP contribution in [0.1, 0.15) is 71.1 Å². The summed E-state index contributed by atoms with van der Waals surface area (Å²) in [6.45, 7) is 11.3. The standard InChI is InChI=1S/C18H33NO2/c1-5-6-7-8-9-16(4)21-14-18-17(10-11-20-18)13-19-12-15(2)3/h10-11,15-16,19H,5-9,12-14H2,1-4H3. The molecule has 0 aliphatic rings. The van der Waals surface area contributed by atoms with Gasteiger partial charge in [-0.25, -0.2) is 0 Å². The summed E-state index contributed by atoms with van der Waals surface area (Å²) in [6.07, 6.45) is 8.40. The molecular weight excluding hydrogens is 262 g/mol. The molecule has 0 spiro atoms. The second-order valence-corrected chi connectivity index (χ2v) is 6.36. The van der Waals surface area contributed by atoms with Gasteiger partial charge in [0.25, 0.3) is 0 Å². The lowest BCUT2D eigenvalue weighted by atomic mass is 10.1. The fourth-order valence-corrected chi connectivity index (χ4v) is 2.31. The lowest BCUT2D eigenvalue weighted by molar-refractivity contribution is 0.0355. The largest absolute Gasteiger partial charge is 0.467 e. The Hall–Kier alpha value is -0.800. The molecule has 0 amide bonds. The summed E-state index contributed by atoms with van der Waals surface area (Å²) >= 11 is 0. The van der Waals surface area contributed by atoms with Crippen LogP contribution in [0, 0.1) is 5.92 Å². The third-order valence-electron chi connectivity index (χ3n) is 3.67. The number of hydrogen-bond acceptors (Lipinski definition) is 3. The Balaban J connectivity index is 2.23. The van der Waals surface area contributed by atoms with Crippen LogP contribution in [0.25, 0.3) is 0 Å². The summed E-state index contributed by atoms with van der Waals surface area (Å²) in [5.74, 6) is 1.63. The second-order valence-electron chi connectivity index (χ2n) is 6.36. The highest BCUT2D eigenvalue weighted by molar-refractivity contribution is 5.16. The summed E-state index contributed by atoms with van der Waals surface area (Å²) in [7, 11) is 0. The zero-order valence-electron chi connectivity index (χ0n) is 14.3. The maximum atomic E-state index is 5.91. The van der Waals surface area contributed by atoms with Crippen LogP contribution in [0.3, 0.4) is 0 Å². The lowest BCUT2D eigenvalue weighted by Gasteiger charge is -2.13. The number of ether oxygens (including phenoxy) is 1. The molecule has 1 rings (SSSR count). The fraction of sp³-hybridized carbons (Fsp3) is 0.778. The SMILES string of the molecule is CCCCCCC(C)OCc1occc1CNCC(C)C. The summed E-state index contributed by atoms with van der Waals surface area (Å²) in [4.78, 5) is 0. The minimum Gasteiger partial charge on any atom is -0.467 e. The Morgan fingerprint density at radius 3 is 2.71 bits per heavy atom. The molecule has 0 aliphatic heterocycles. The summed E-state index contributed by atoms with van der Waals surface area (Å²) in [6, 6.07) is 2.04. The van der Waals surface area contributed by atoms with E-state index >= 15 is 0 Å². The van der Waals surface area contributed by atoms with Crippen LogP contribution in [0.15, 0.2) is 16.7 Å². The molecule has 3 heteroatoms. The van der Waals surface area contributed by atoms with Gasteiger partial charge >= 0.3 is 0 Å². The molecule has 1 atom stereocenters. The van der Waals surface area contributed by atoms with Gasteiger partial charge in [-0.05, 0) is 31.9 Å². The van der Waals surface area contributed by atoms with Crippen LogP contribution in [-0.4, -0.2) is 12.6 Å². The minimum absolute atomic E-state index is 0.309. The van der Waals surface area contributed by atoms with Gasteiger partial charge in [-0.15, -0.1) is 0 Å². The Morgan fingerprint density at radius 1 is 1.19 bits per heavy atom. The van der Waals surface area contributed by atoms with Crippen LogP contribution < -0.4 is 5.32 Å². The van der Waals surface area contributed by atoms with Crippen LogP contribution in [0.5, 0.6) is 0 Å². The Morgan fingerprint density at radius 2 is 2.00 bits per heavy atom. The van der Waals surface area contributed by atoms with Gasteiger partial charge in [-0.1, -0.05) is 46.5 Å². The van der Waals surface area contributed by atoms with E-state index in [1.165, 1.54) is 31.2 Å². The van der Waals surface area contributed by atoms with Crippen molar-refractivity contribution in [2.45, 2.75) is 79.1 Å². The first kappa shape index (κ1) is 18.2. The fourth-order valence-electron chi connectivity index (χ4n) is 2.31. The first-order valence-electron chi connectivity index (χ1n) is 8.51. The first-order valence-corrected chi connectivity index (χ1v) is 8.51. The van der Waals surface area contributed by atoms with Gasteiger partial charge in [-0.2, -0.15) is 0 Å². The third-order valence-corrected chi connectivity index (χ3v) is 3.67. The van der Waals surface area contributed by atoms with E-state index in [0.717, 1.165) is 25.3 Å². The third kappa shape index (κ3) is 8.27. The highest BCUT2D eigenvalue weighted by Gasteiger charge is 2.09. The maximum Gasteiger partial charge on any atom is 0.133 e. The van der Waals surface area contributed by atoms with E-state index < -0.39 is 0 Å². The normalized spacial score (nSPS) is 13.0. The van der Waals surface area contributed by atoms with Crippen molar-refractivity contribution in [1.29, 1.82) is 0 Å². The van der Waals surface area contributed by atoms with Gasteiger partial charge < -0.3 is 14.5 Å². The van der Waals surface area contributed by atoms with Gasteiger partial charge in [0.2, 0.25) is 0 Å². The number of rotatable bonds is 12. The number of nitrogens with one attached hydrogen (secondary N) is 1. The molecule has 1 aromatic rings. The van der Waals surface area contributed by atoms with Gasteiger partial charge in [0.15, 0.2) is 0 Å². The highest BCUT2D eigenvalue weighted by Crippen LogP contribution is 2.15. The lowest BCUT2D eigenvalue weighted by Crippen LogP contribution is -2.19. The van der Waals surface area contributed by atoms with E-state index in [4.69, 9.17) is 9.15 Å². The van der Waals surface area contributed by atoms with E-state index in [1.807, 2.05) is 6.07 Å². The molecule has 1 heterocycles. The number of unbranched alkanes of at least 4 members (excludes halogenated alkanes) is 3. The van der Waals surface area contributed by atoms with Crippen molar-refractivity contribution in [2.24, 2.45) is 5.92 Å². The molecule has 0 aliphatic carbocycles. The molecule has 122 valence electrons. The van der Waals surface area contributed by atoms with E-state index in [9.17, 15) is 0 Å². The van der Waals surface area contributed by atoms with Gasteiger partial charge in [0.05, 0.1) is 12.4 Å². The molecule has 0 aromatic carbocycles. The van der Waals surface area contributed by atoms with Crippen LogP contribution in [0.4, 0.5) is 0 Å². The molecule has 1 unspecified atom stereocenters. The molecule has 0 saturated carbocycles. The van der Waals surface area contributed by atoms with Crippen LogP contribution >= 0.6 is 0 Å². The van der Waals surface area contributed by atoms with Crippen molar-refractivity contribution >= 4 is 0 Å². The quantitative estimate of drug-likeness (QED) is 0.557. The monoisotopic (exact) mass is 295 g/mol. The molecule has 1 aromatic heterocycles. The first-order chi connectivity index (χ1) is 10.1. The molecule has 1 N–H and O–H groups in total. The molecule has 0 bridgehead atoms. The zero-order chi connectivity index (χ0) is 15.5. The predicted octanol–water partition coefficient (Wildman–Crippen LogP) is 4.90. The van der Waals surface area contributed by atoms with Crippen molar-refractivity contribution in [3.8, 4) is 0 Å². The van der Waals surface area contributed by atoms with Gasteiger partial charge in [-0.3, -0.25) is 0 Å². The Bertz CT molecular complexity index is 360. The average Bonchev–Trinajstić information content (AvgIpc) is 2.88. The minimum atomic E-state index is 0.309. The molecule has 0 radical (unpaired) electrons. The van der Waals surface area contributed by atoms with Crippen LogP contribution in [0.2, 0.25) is 0 Å². The van der Waals surface area contributed by atoms with E-state index in [0.29, 0.717) is 18.6 Å². The summed E-state index contributed by atoms with van der Waals surface area (Å²) < 4.78 is 11.5. The van der Waals surface area contributed by atoms with Crippen molar-refractivity contribution < 1.29 is 9.15 Å². The summed E-state index contributed by atoms with van der Waals surface area (Å²) in [5, 5.41) is 3.45. The van der Waals surface area contributed by atoms with E-state index in [1.54, 1.807) is 6.26 Å². The van der Waals surface area contributed by atoms with Crippen molar-refractivity contribution in [3.63, 3.8) is 0 Å².